The number of terminal acetylenes is 1. The monoisotopic (exact) mass is 190 g/mol. The summed E-state index contributed by atoms with van der Waals surface area (Å²) in [6.45, 7) is 2.11. The van der Waals surface area contributed by atoms with E-state index >= 15 is 0 Å². The zero-order valence-corrected chi connectivity index (χ0v) is 7.86. The molecule has 72 valence electrons. The molecular formula is C10H10N2O2. The molecule has 0 aliphatic rings. The van der Waals surface area contributed by atoms with Gasteiger partial charge in [0.25, 0.3) is 0 Å². The standard InChI is InChI=1S/C10H10N2O2/c1-3-8-6-11-9(12-7-8)5-10(13)14-4-2/h1,6-7H,4-5H2,2H3. The third kappa shape index (κ3) is 2.87. The highest BCUT2D eigenvalue weighted by Crippen LogP contribution is 1.96. The van der Waals surface area contributed by atoms with Gasteiger partial charge >= 0.3 is 5.97 Å². The van der Waals surface area contributed by atoms with Crippen molar-refractivity contribution < 1.29 is 9.53 Å². The molecule has 0 bridgehead atoms. The van der Waals surface area contributed by atoms with E-state index in [0.717, 1.165) is 0 Å². The highest BCUT2D eigenvalue weighted by atomic mass is 16.5. The lowest BCUT2D eigenvalue weighted by Crippen LogP contribution is -2.10. The van der Waals surface area contributed by atoms with Crippen molar-refractivity contribution in [2.24, 2.45) is 0 Å². The molecule has 0 spiro atoms. The third-order valence-electron chi connectivity index (χ3n) is 1.48. The van der Waals surface area contributed by atoms with E-state index in [-0.39, 0.29) is 12.4 Å². The van der Waals surface area contributed by atoms with E-state index in [1.54, 1.807) is 6.92 Å². The van der Waals surface area contributed by atoms with Crippen molar-refractivity contribution >= 4 is 5.97 Å². The van der Waals surface area contributed by atoms with Crippen LogP contribution < -0.4 is 0 Å². The average molecular weight is 190 g/mol. The molecule has 0 saturated carbocycles. The number of aromatic nitrogens is 2. The van der Waals surface area contributed by atoms with Crippen LogP contribution in [0.4, 0.5) is 0 Å². The van der Waals surface area contributed by atoms with E-state index in [0.29, 0.717) is 18.0 Å². The zero-order valence-electron chi connectivity index (χ0n) is 7.86. The molecule has 4 heteroatoms. The lowest BCUT2D eigenvalue weighted by molar-refractivity contribution is -0.142. The summed E-state index contributed by atoms with van der Waals surface area (Å²) in [5.74, 6) is 2.48. The first-order valence-corrected chi connectivity index (χ1v) is 4.19. The maximum absolute atomic E-state index is 11.0. The van der Waals surface area contributed by atoms with Crippen LogP contribution in [-0.4, -0.2) is 22.5 Å². The fourth-order valence-electron chi connectivity index (χ4n) is 0.862. The minimum absolute atomic E-state index is 0.0820. The van der Waals surface area contributed by atoms with Gasteiger partial charge in [-0.15, -0.1) is 6.42 Å². The van der Waals surface area contributed by atoms with Crippen LogP contribution in [0.15, 0.2) is 12.4 Å². The first kappa shape index (κ1) is 10.2. The molecule has 0 fully saturated rings. The van der Waals surface area contributed by atoms with Crippen molar-refractivity contribution in [3.05, 3.63) is 23.8 Å². The molecule has 0 saturated heterocycles. The second-order valence-corrected chi connectivity index (χ2v) is 2.51. The molecule has 0 radical (unpaired) electrons. The van der Waals surface area contributed by atoms with Crippen LogP contribution in [0.3, 0.4) is 0 Å². The Morgan fingerprint density at radius 2 is 2.21 bits per heavy atom. The first-order valence-electron chi connectivity index (χ1n) is 4.19. The predicted octanol–water partition coefficient (Wildman–Crippen LogP) is 0.564. The summed E-state index contributed by atoms with van der Waals surface area (Å²) in [5, 5.41) is 0. The highest BCUT2D eigenvalue weighted by molar-refractivity contribution is 5.71. The number of carbonyl (C=O) groups is 1. The van der Waals surface area contributed by atoms with Gasteiger partial charge in [0.05, 0.1) is 12.2 Å². The van der Waals surface area contributed by atoms with Crippen molar-refractivity contribution in [1.29, 1.82) is 0 Å². The fourth-order valence-corrected chi connectivity index (χ4v) is 0.862. The average Bonchev–Trinajstić information content (AvgIpc) is 2.19. The maximum atomic E-state index is 11.0. The smallest absolute Gasteiger partial charge is 0.313 e. The number of carbonyl (C=O) groups excluding carboxylic acids is 1. The van der Waals surface area contributed by atoms with E-state index in [1.165, 1.54) is 12.4 Å². The Labute approximate surface area is 82.3 Å². The summed E-state index contributed by atoms with van der Waals surface area (Å²) < 4.78 is 4.74. The molecule has 1 aromatic heterocycles. The minimum Gasteiger partial charge on any atom is -0.466 e. The second-order valence-electron chi connectivity index (χ2n) is 2.51. The number of nitrogens with zero attached hydrogens (tertiary/aromatic N) is 2. The molecule has 1 heterocycles. The fraction of sp³-hybridized carbons (Fsp3) is 0.300. The van der Waals surface area contributed by atoms with Gasteiger partial charge in [-0.05, 0) is 6.92 Å². The third-order valence-corrected chi connectivity index (χ3v) is 1.48. The summed E-state index contributed by atoms with van der Waals surface area (Å²) >= 11 is 0. The number of rotatable bonds is 3. The van der Waals surface area contributed by atoms with E-state index in [2.05, 4.69) is 15.9 Å². The van der Waals surface area contributed by atoms with Gasteiger partial charge in [0.15, 0.2) is 0 Å². The van der Waals surface area contributed by atoms with Crippen LogP contribution in [0.2, 0.25) is 0 Å². The molecule has 0 aliphatic heterocycles. The van der Waals surface area contributed by atoms with E-state index < -0.39 is 0 Å². The van der Waals surface area contributed by atoms with Gasteiger partial charge in [-0.3, -0.25) is 4.79 Å². The molecule has 0 amide bonds. The van der Waals surface area contributed by atoms with Gasteiger partial charge in [0.1, 0.15) is 12.2 Å². The number of hydrogen-bond acceptors (Lipinski definition) is 4. The lowest BCUT2D eigenvalue weighted by atomic mass is 10.3. The summed E-state index contributed by atoms with van der Waals surface area (Å²) in [6.07, 6.45) is 8.21. The van der Waals surface area contributed by atoms with Gasteiger partial charge in [-0.25, -0.2) is 9.97 Å². The number of ether oxygens (including phenoxy) is 1. The Bertz CT molecular complexity index is 351. The molecular weight excluding hydrogens is 180 g/mol. The van der Waals surface area contributed by atoms with Gasteiger partial charge < -0.3 is 4.74 Å². The SMILES string of the molecule is C#Cc1cnc(CC(=O)OCC)nc1. The zero-order chi connectivity index (χ0) is 10.4. The molecule has 0 aliphatic carbocycles. The Balaban J connectivity index is 2.61. The topological polar surface area (TPSA) is 52.1 Å². The number of esters is 1. The lowest BCUT2D eigenvalue weighted by Gasteiger charge is -2.00. The normalized spacial score (nSPS) is 9.14. The number of hydrogen-bond donors (Lipinski definition) is 0. The molecule has 0 atom stereocenters. The summed E-state index contributed by atoms with van der Waals surface area (Å²) in [4.78, 5) is 18.9. The largest absolute Gasteiger partial charge is 0.466 e. The van der Waals surface area contributed by atoms with Crippen molar-refractivity contribution in [2.75, 3.05) is 6.61 Å². The van der Waals surface area contributed by atoms with Crippen LogP contribution in [0.1, 0.15) is 18.3 Å². The summed E-state index contributed by atoms with van der Waals surface area (Å²) in [5.41, 5.74) is 0.595. The second kappa shape index (κ2) is 4.97. The van der Waals surface area contributed by atoms with Gasteiger partial charge in [-0.2, -0.15) is 0 Å². The Morgan fingerprint density at radius 3 is 2.71 bits per heavy atom. The minimum atomic E-state index is -0.332. The van der Waals surface area contributed by atoms with Gasteiger partial charge in [0.2, 0.25) is 0 Å². The molecule has 0 unspecified atom stereocenters. The van der Waals surface area contributed by atoms with Gasteiger partial charge in [-0.1, -0.05) is 5.92 Å². The van der Waals surface area contributed by atoms with Gasteiger partial charge in [0, 0.05) is 12.4 Å². The Morgan fingerprint density at radius 1 is 1.57 bits per heavy atom. The molecule has 1 rings (SSSR count). The van der Waals surface area contributed by atoms with Crippen molar-refractivity contribution in [2.45, 2.75) is 13.3 Å². The summed E-state index contributed by atoms with van der Waals surface area (Å²) in [6, 6.07) is 0. The molecule has 0 aromatic carbocycles. The Hall–Kier alpha value is -1.89. The highest BCUT2D eigenvalue weighted by Gasteiger charge is 2.05. The Kier molecular flexibility index (Phi) is 3.62. The van der Waals surface area contributed by atoms with Crippen LogP contribution in [0, 0.1) is 12.3 Å². The van der Waals surface area contributed by atoms with Crippen molar-refractivity contribution in [3.8, 4) is 12.3 Å². The molecule has 4 nitrogen and oxygen atoms in total. The first-order chi connectivity index (χ1) is 6.76. The van der Waals surface area contributed by atoms with Crippen molar-refractivity contribution in [1.82, 2.24) is 9.97 Å². The van der Waals surface area contributed by atoms with E-state index in [9.17, 15) is 4.79 Å². The quantitative estimate of drug-likeness (QED) is 0.516. The van der Waals surface area contributed by atoms with Crippen LogP contribution in [0.5, 0.6) is 0 Å². The van der Waals surface area contributed by atoms with Crippen LogP contribution in [-0.2, 0) is 16.0 Å². The predicted molar refractivity (Wildman–Crippen MR) is 50.3 cm³/mol. The summed E-state index contributed by atoms with van der Waals surface area (Å²) in [7, 11) is 0. The molecule has 1 aromatic rings. The van der Waals surface area contributed by atoms with Crippen LogP contribution >= 0.6 is 0 Å². The maximum Gasteiger partial charge on any atom is 0.313 e. The van der Waals surface area contributed by atoms with E-state index in [4.69, 9.17) is 11.2 Å². The molecule has 14 heavy (non-hydrogen) atoms. The molecule has 0 N–H and O–H groups in total. The van der Waals surface area contributed by atoms with Crippen molar-refractivity contribution in [3.63, 3.8) is 0 Å². The van der Waals surface area contributed by atoms with Crippen LogP contribution in [0.25, 0.3) is 0 Å². The van der Waals surface area contributed by atoms with E-state index in [1.807, 2.05) is 0 Å².